The molecule has 1 N–H and O–H groups in total. The van der Waals surface area contributed by atoms with Crippen molar-refractivity contribution in [3.63, 3.8) is 0 Å². The van der Waals surface area contributed by atoms with Gasteiger partial charge in [-0.2, -0.15) is 10.2 Å². The minimum atomic E-state index is -0.0547. The minimum Gasteiger partial charge on any atom is -0.345 e. The number of aromatic nitrogens is 5. The molecule has 0 saturated heterocycles. The maximum absolute atomic E-state index is 12.9. The Labute approximate surface area is 180 Å². The first-order valence-electron chi connectivity index (χ1n) is 10.6. The van der Waals surface area contributed by atoms with E-state index in [4.69, 9.17) is 0 Å². The highest BCUT2D eigenvalue weighted by atomic mass is 16.1. The van der Waals surface area contributed by atoms with Gasteiger partial charge in [-0.05, 0) is 42.5 Å². The summed E-state index contributed by atoms with van der Waals surface area (Å²) in [6, 6.07) is 18.0. The average Bonchev–Trinajstić information content (AvgIpc) is 3.46. The Morgan fingerprint density at radius 1 is 1.00 bits per heavy atom. The van der Waals surface area contributed by atoms with Gasteiger partial charge in [-0.3, -0.25) is 9.48 Å². The first-order chi connectivity index (χ1) is 15.3. The van der Waals surface area contributed by atoms with Crippen LogP contribution in [0.5, 0.6) is 0 Å². The number of nitrogens with zero attached hydrogens (tertiary/aromatic N) is 5. The van der Waals surface area contributed by atoms with Crippen LogP contribution in [0.1, 0.15) is 51.6 Å². The Morgan fingerprint density at radius 3 is 2.58 bits per heavy atom. The molecule has 0 aliphatic heterocycles. The Bertz CT molecular complexity index is 1150. The van der Waals surface area contributed by atoms with Crippen LogP contribution in [-0.2, 0) is 19.5 Å². The summed E-state index contributed by atoms with van der Waals surface area (Å²) in [4.78, 5) is 16.8. The fraction of sp³-hybridized carbons (Fsp3) is 0.250. The van der Waals surface area contributed by atoms with Gasteiger partial charge < -0.3 is 5.32 Å². The summed E-state index contributed by atoms with van der Waals surface area (Å²) < 4.78 is 3.83. The molecule has 31 heavy (non-hydrogen) atoms. The van der Waals surface area contributed by atoms with Crippen LogP contribution in [0.4, 0.5) is 0 Å². The number of carbonyl (C=O) groups is 1. The molecule has 7 nitrogen and oxygen atoms in total. The van der Waals surface area contributed by atoms with Crippen LogP contribution in [0, 0.1) is 0 Å². The average molecular weight is 412 g/mol. The number of hydrogen-bond acceptors (Lipinski definition) is 4. The standard InChI is InChI=1S/C24H24N6O/c31-24(20-11-9-19(10-12-20)14-29-17-25-16-27-29)28-22-7-4-8-23-21(22)13-26-30(23)15-18-5-2-1-3-6-18/h1-3,5-6,9-13,16-17,22H,4,7-8,14-15H2,(H,28,31). The molecule has 0 spiro atoms. The SMILES string of the molecule is O=C(NC1CCCc2c1cnn2Cc1ccccc1)c1ccc(Cn2cncn2)cc1. The summed E-state index contributed by atoms with van der Waals surface area (Å²) in [5.41, 5.74) is 5.32. The molecule has 4 aromatic rings. The fourth-order valence-electron chi connectivity index (χ4n) is 4.17. The summed E-state index contributed by atoms with van der Waals surface area (Å²) in [6.45, 7) is 1.39. The second kappa shape index (κ2) is 8.55. The van der Waals surface area contributed by atoms with E-state index in [0.717, 1.165) is 36.9 Å². The zero-order chi connectivity index (χ0) is 21.0. The highest BCUT2D eigenvalue weighted by Gasteiger charge is 2.26. The van der Waals surface area contributed by atoms with Crippen LogP contribution in [-0.4, -0.2) is 30.5 Å². The smallest absolute Gasteiger partial charge is 0.251 e. The molecule has 156 valence electrons. The maximum atomic E-state index is 12.9. The number of amides is 1. The minimum absolute atomic E-state index is 0.00408. The molecule has 1 aliphatic rings. The summed E-state index contributed by atoms with van der Waals surface area (Å²) in [7, 11) is 0. The number of nitrogens with one attached hydrogen (secondary N) is 1. The van der Waals surface area contributed by atoms with E-state index in [1.165, 1.54) is 17.6 Å². The third-order valence-corrected chi connectivity index (χ3v) is 5.77. The Hall–Kier alpha value is -3.74. The zero-order valence-electron chi connectivity index (χ0n) is 17.2. The Kier molecular flexibility index (Phi) is 5.31. The normalized spacial score (nSPS) is 15.4. The third-order valence-electron chi connectivity index (χ3n) is 5.77. The van der Waals surface area contributed by atoms with Crippen LogP contribution < -0.4 is 5.32 Å². The lowest BCUT2D eigenvalue weighted by Gasteiger charge is -2.24. The molecule has 1 aliphatic carbocycles. The van der Waals surface area contributed by atoms with Crippen LogP contribution in [0.15, 0.2) is 73.4 Å². The molecule has 0 radical (unpaired) electrons. The zero-order valence-corrected chi connectivity index (χ0v) is 17.2. The van der Waals surface area contributed by atoms with Gasteiger partial charge in [0.1, 0.15) is 12.7 Å². The molecule has 5 rings (SSSR count). The second-order valence-corrected chi connectivity index (χ2v) is 7.90. The number of benzene rings is 2. The van der Waals surface area contributed by atoms with Crippen molar-refractivity contribution >= 4 is 5.91 Å². The van der Waals surface area contributed by atoms with Gasteiger partial charge in [0, 0.05) is 16.8 Å². The predicted molar refractivity (Wildman–Crippen MR) is 116 cm³/mol. The van der Waals surface area contributed by atoms with Gasteiger partial charge in [0.25, 0.3) is 5.91 Å². The van der Waals surface area contributed by atoms with E-state index in [2.05, 4.69) is 37.3 Å². The quantitative estimate of drug-likeness (QED) is 0.527. The van der Waals surface area contributed by atoms with Crippen molar-refractivity contribution in [3.05, 3.63) is 101 Å². The monoisotopic (exact) mass is 412 g/mol. The number of carbonyl (C=O) groups excluding carboxylic acids is 1. The van der Waals surface area contributed by atoms with Gasteiger partial charge in [-0.15, -0.1) is 0 Å². The predicted octanol–water partition coefficient (Wildman–Crippen LogP) is 3.38. The topological polar surface area (TPSA) is 77.6 Å². The summed E-state index contributed by atoms with van der Waals surface area (Å²) >= 11 is 0. The number of fused-ring (bicyclic) bond motifs is 1. The molecular formula is C24H24N6O. The van der Waals surface area contributed by atoms with Crippen molar-refractivity contribution < 1.29 is 4.79 Å². The van der Waals surface area contributed by atoms with Gasteiger partial charge in [0.2, 0.25) is 0 Å². The molecule has 0 bridgehead atoms. The molecule has 1 unspecified atom stereocenters. The van der Waals surface area contributed by atoms with E-state index in [-0.39, 0.29) is 11.9 Å². The lowest BCUT2D eigenvalue weighted by atomic mass is 9.92. The fourth-order valence-corrected chi connectivity index (χ4v) is 4.17. The van der Waals surface area contributed by atoms with Crippen LogP contribution in [0.25, 0.3) is 0 Å². The van der Waals surface area contributed by atoms with E-state index in [0.29, 0.717) is 12.1 Å². The van der Waals surface area contributed by atoms with E-state index < -0.39 is 0 Å². The van der Waals surface area contributed by atoms with Gasteiger partial charge in [-0.1, -0.05) is 42.5 Å². The van der Waals surface area contributed by atoms with Crippen LogP contribution in [0.3, 0.4) is 0 Å². The van der Waals surface area contributed by atoms with E-state index in [9.17, 15) is 4.79 Å². The second-order valence-electron chi connectivity index (χ2n) is 7.90. The summed E-state index contributed by atoms with van der Waals surface area (Å²) in [5.74, 6) is -0.0547. The van der Waals surface area contributed by atoms with Crippen molar-refractivity contribution in [2.45, 2.75) is 38.4 Å². The van der Waals surface area contributed by atoms with Crippen molar-refractivity contribution in [3.8, 4) is 0 Å². The van der Waals surface area contributed by atoms with Crippen molar-refractivity contribution in [2.75, 3.05) is 0 Å². The van der Waals surface area contributed by atoms with Gasteiger partial charge in [0.15, 0.2) is 0 Å². The largest absolute Gasteiger partial charge is 0.345 e. The summed E-state index contributed by atoms with van der Waals surface area (Å²) in [6.07, 6.45) is 8.08. The molecule has 1 amide bonds. The van der Waals surface area contributed by atoms with E-state index >= 15 is 0 Å². The Balaban J connectivity index is 1.27. The maximum Gasteiger partial charge on any atom is 0.251 e. The van der Waals surface area contributed by atoms with Crippen molar-refractivity contribution in [1.29, 1.82) is 0 Å². The van der Waals surface area contributed by atoms with Gasteiger partial charge in [-0.25, -0.2) is 9.67 Å². The molecule has 7 heteroatoms. The number of rotatable bonds is 6. The van der Waals surface area contributed by atoms with E-state index in [1.54, 1.807) is 11.0 Å². The highest BCUT2D eigenvalue weighted by Crippen LogP contribution is 2.30. The number of hydrogen-bond donors (Lipinski definition) is 1. The lowest BCUT2D eigenvalue weighted by Crippen LogP contribution is -2.31. The third kappa shape index (κ3) is 4.26. The first kappa shape index (κ1) is 19.2. The molecular weight excluding hydrogens is 388 g/mol. The molecule has 2 aromatic carbocycles. The first-order valence-corrected chi connectivity index (χ1v) is 10.6. The van der Waals surface area contributed by atoms with Crippen molar-refractivity contribution in [2.24, 2.45) is 0 Å². The molecule has 2 heterocycles. The van der Waals surface area contributed by atoms with Crippen LogP contribution >= 0.6 is 0 Å². The van der Waals surface area contributed by atoms with Crippen molar-refractivity contribution in [1.82, 2.24) is 29.9 Å². The summed E-state index contributed by atoms with van der Waals surface area (Å²) in [5, 5.41) is 12.0. The van der Waals surface area contributed by atoms with Crippen LogP contribution in [0.2, 0.25) is 0 Å². The molecule has 2 aromatic heterocycles. The Morgan fingerprint density at radius 2 is 1.81 bits per heavy atom. The molecule has 0 fully saturated rings. The lowest BCUT2D eigenvalue weighted by molar-refractivity contribution is 0.0932. The van der Waals surface area contributed by atoms with Gasteiger partial charge >= 0.3 is 0 Å². The molecule has 1 atom stereocenters. The molecule has 0 saturated carbocycles. The highest BCUT2D eigenvalue weighted by molar-refractivity contribution is 5.94. The van der Waals surface area contributed by atoms with Gasteiger partial charge in [0.05, 0.1) is 25.3 Å². The van der Waals surface area contributed by atoms with E-state index in [1.807, 2.05) is 48.7 Å².